The van der Waals surface area contributed by atoms with Crippen LogP contribution in [0.3, 0.4) is 0 Å². The van der Waals surface area contributed by atoms with Gasteiger partial charge in [0.1, 0.15) is 17.6 Å². The SMILES string of the molecule is CCN=C1C(=CN)Cc2cc(C(F)F)nn2-c2ccc(F)cc2C(C)Oc2cc1cnc2N. The van der Waals surface area contributed by atoms with Gasteiger partial charge in [0, 0.05) is 36.0 Å². The second kappa shape index (κ2) is 8.97. The van der Waals surface area contributed by atoms with Crippen LogP contribution in [-0.4, -0.2) is 27.0 Å². The number of aromatic nitrogens is 3. The predicted octanol–water partition coefficient (Wildman–Crippen LogP) is 4.27. The summed E-state index contributed by atoms with van der Waals surface area (Å²) < 4.78 is 48.8. The van der Waals surface area contributed by atoms with Crippen LogP contribution >= 0.6 is 0 Å². The average molecular weight is 456 g/mol. The van der Waals surface area contributed by atoms with E-state index in [1.807, 2.05) is 6.92 Å². The monoisotopic (exact) mass is 456 g/mol. The number of rotatable bonds is 2. The van der Waals surface area contributed by atoms with E-state index in [-0.39, 0.29) is 18.0 Å². The van der Waals surface area contributed by atoms with Gasteiger partial charge in [-0.3, -0.25) is 4.99 Å². The third-order valence-electron chi connectivity index (χ3n) is 5.33. The van der Waals surface area contributed by atoms with E-state index in [0.717, 1.165) is 0 Å². The van der Waals surface area contributed by atoms with Gasteiger partial charge in [-0.25, -0.2) is 22.8 Å². The lowest BCUT2D eigenvalue weighted by atomic mass is 9.99. The summed E-state index contributed by atoms with van der Waals surface area (Å²) in [4.78, 5) is 8.78. The van der Waals surface area contributed by atoms with Crippen LogP contribution in [0.4, 0.5) is 19.0 Å². The molecule has 2 aromatic heterocycles. The fourth-order valence-corrected chi connectivity index (χ4v) is 3.81. The van der Waals surface area contributed by atoms with Crippen molar-refractivity contribution in [3.05, 3.63) is 76.6 Å². The fraction of sp³-hybridized carbons (Fsp3) is 0.261. The van der Waals surface area contributed by atoms with Gasteiger partial charge in [0.15, 0.2) is 11.6 Å². The number of allylic oxidation sites excluding steroid dienone is 1. The number of nitrogen functional groups attached to an aromatic ring is 1. The lowest BCUT2D eigenvalue weighted by Gasteiger charge is -2.22. The number of fused-ring (bicyclic) bond motifs is 5. The van der Waals surface area contributed by atoms with E-state index in [9.17, 15) is 13.2 Å². The van der Waals surface area contributed by atoms with Crippen molar-refractivity contribution in [1.82, 2.24) is 14.8 Å². The molecule has 0 radical (unpaired) electrons. The molecule has 1 aliphatic heterocycles. The second-order valence-electron chi connectivity index (χ2n) is 7.54. The van der Waals surface area contributed by atoms with Crippen molar-refractivity contribution in [2.24, 2.45) is 10.7 Å². The first kappa shape index (κ1) is 22.4. The van der Waals surface area contributed by atoms with E-state index in [4.69, 9.17) is 16.2 Å². The standard InChI is InChI=1S/C23H23F3N6O/c1-3-29-21-13(10-27)6-16-9-18(22(25)26)31-32(16)19-5-4-15(24)8-17(19)12(2)33-20-7-14(21)11-30-23(20)28/h4-5,7-12,22H,3,6,27H2,1-2H3,(H2,28,30). The Bertz CT molecular complexity index is 1250. The Hall–Kier alpha value is -3.82. The van der Waals surface area contributed by atoms with Crippen molar-refractivity contribution in [1.29, 1.82) is 0 Å². The second-order valence-corrected chi connectivity index (χ2v) is 7.54. The van der Waals surface area contributed by atoms with Crippen LogP contribution in [0, 0.1) is 5.82 Å². The zero-order valence-corrected chi connectivity index (χ0v) is 18.1. The molecular formula is C23H23F3N6O. The molecule has 172 valence electrons. The molecule has 3 aromatic rings. The minimum absolute atomic E-state index is 0.148. The molecule has 0 amide bonds. The zero-order chi connectivity index (χ0) is 23.7. The normalized spacial score (nSPS) is 18.4. The smallest absolute Gasteiger partial charge is 0.282 e. The summed E-state index contributed by atoms with van der Waals surface area (Å²) >= 11 is 0. The minimum Gasteiger partial charge on any atom is -0.482 e. The Morgan fingerprint density at radius 2 is 2.09 bits per heavy atom. The molecule has 1 aromatic carbocycles. The lowest BCUT2D eigenvalue weighted by Crippen LogP contribution is -2.17. The molecule has 0 fully saturated rings. The van der Waals surface area contributed by atoms with Crippen molar-refractivity contribution < 1.29 is 17.9 Å². The summed E-state index contributed by atoms with van der Waals surface area (Å²) in [5, 5.41) is 4.11. The number of pyridine rings is 1. The largest absolute Gasteiger partial charge is 0.482 e. The summed E-state index contributed by atoms with van der Waals surface area (Å²) in [7, 11) is 0. The first-order valence-corrected chi connectivity index (χ1v) is 10.4. The molecule has 4 rings (SSSR count). The molecule has 1 aliphatic rings. The summed E-state index contributed by atoms with van der Waals surface area (Å²) in [6, 6.07) is 7.02. The van der Waals surface area contributed by atoms with Gasteiger partial charge in [0.2, 0.25) is 0 Å². The van der Waals surface area contributed by atoms with Crippen LogP contribution < -0.4 is 16.2 Å². The fourth-order valence-electron chi connectivity index (χ4n) is 3.81. The van der Waals surface area contributed by atoms with Gasteiger partial charge >= 0.3 is 0 Å². The molecular weight excluding hydrogens is 433 g/mol. The van der Waals surface area contributed by atoms with Gasteiger partial charge in [-0.05, 0) is 56.0 Å². The van der Waals surface area contributed by atoms with Crippen molar-refractivity contribution in [3.63, 3.8) is 0 Å². The average Bonchev–Trinajstić information content (AvgIpc) is 3.21. The van der Waals surface area contributed by atoms with Crippen LogP contribution in [0.25, 0.3) is 5.69 Å². The molecule has 2 bridgehead atoms. The number of nitrogens with zero attached hydrogens (tertiary/aromatic N) is 4. The highest BCUT2D eigenvalue weighted by molar-refractivity contribution is 6.13. The van der Waals surface area contributed by atoms with Crippen molar-refractivity contribution >= 4 is 11.5 Å². The number of nitrogens with two attached hydrogens (primary N) is 2. The van der Waals surface area contributed by atoms with Crippen LogP contribution in [0.5, 0.6) is 5.75 Å². The number of halogens is 3. The van der Waals surface area contributed by atoms with E-state index in [0.29, 0.717) is 40.3 Å². The Labute approximate surface area is 188 Å². The number of benzene rings is 1. The van der Waals surface area contributed by atoms with E-state index in [1.165, 1.54) is 35.1 Å². The van der Waals surface area contributed by atoms with Gasteiger partial charge in [0.25, 0.3) is 6.43 Å². The Morgan fingerprint density at radius 1 is 1.30 bits per heavy atom. The Balaban J connectivity index is 2.01. The van der Waals surface area contributed by atoms with Crippen molar-refractivity contribution in [2.75, 3.05) is 12.3 Å². The van der Waals surface area contributed by atoms with E-state index in [2.05, 4.69) is 15.1 Å². The zero-order valence-electron chi connectivity index (χ0n) is 18.1. The molecule has 0 saturated carbocycles. The maximum Gasteiger partial charge on any atom is 0.282 e. The van der Waals surface area contributed by atoms with Crippen molar-refractivity contribution in [2.45, 2.75) is 32.8 Å². The van der Waals surface area contributed by atoms with Gasteiger partial charge in [0.05, 0.1) is 11.4 Å². The molecule has 33 heavy (non-hydrogen) atoms. The van der Waals surface area contributed by atoms with Gasteiger partial charge in [-0.1, -0.05) is 0 Å². The predicted molar refractivity (Wildman–Crippen MR) is 119 cm³/mol. The molecule has 1 atom stereocenters. The number of hydrogen-bond acceptors (Lipinski definition) is 6. The molecule has 4 N–H and O–H groups in total. The van der Waals surface area contributed by atoms with Crippen LogP contribution in [0.15, 0.2) is 53.3 Å². The van der Waals surface area contributed by atoms with E-state index in [1.54, 1.807) is 19.2 Å². The third-order valence-corrected chi connectivity index (χ3v) is 5.33. The van der Waals surface area contributed by atoms with Crippen LogP contribution in [-0.2, 0) is 6.42 Å². The molecule has 10 heteroatoms. The highest BCUT2D eigenvalue weighted by Crippen LogP contribution is 2.33. The number of anilines is 1. The summed E-state index contributed by atoms with van der Waals surface area (Å²) in [5.41, 5.74) is 14.6. The van der Waals surface area contributed by atoms with Crippen LogP contribution in [0.1, 0.15) is 48.9 Å². The number of hydrogen-bond donors (Lipinski definition) is 2. The molecule has 7 nitrogen and oxygen atoms in total. The minimum atomic E-state index is -2.79. The van der Waals surface area contributed by atoms with E-state index >= 15 is 0 Å². The Kier molecular flexibility index (Phi) is 6.08. The van der Waals surface area contributed by atoms with Gasteiger partial charge < -0.3 is 16.2 Å². The Morgan fingerprint density at radius 3 is 2.79 bits per heavy atom. The molecule has 0 spiro atoms. The topological polar surface area (TPSA) is 104 Å². The van der Waals surface area contributed by atoms with Crippen molar-refractivity contribution in [3.8, 4) is 11.4 Å². The van der Waals surface area contributed by atoms with E-state index < -0.39 is 24.0 Å². The number of ether oxygens (including phenoxy) is 1. The number of aliphatic imine (C=N–C) groups is 1. The number of alkyl halides is 2. The molecule has 3 heterocycles. The summed E-state index contributed by atoms with van der Waals surface area (Å²) in [6.07, 6.45) is -0.401. The quantitative estimate of drug-likeness (QED) is 0.599. The lowest BCUT2D eigenvalue weighted by molar-refractivity contribution is 0.145. The summed E-state index contributed by atoms with van der Waals surface area (Å²) in [5.74, 6) is -0.0711. The maximum atomic E-state index is 14.2. The van der Waals surface area contributed by atoms with Gasteiger partial charge in [-0.2, -0.15) is 5.10 Å². The molecule has 1 unspecified atom stereocenters. The molecule has 0 aliphatic carbocycles. The first-order valence-electron chi connectivity index (χ1n) is 10.4. The summed E-state index contributed by atoms with van der Waals surface area (Å²) in [6.45, 7) is 4.03. The first-order chi connectivity index (χ1) is 15.8. The van der Waals surface area contributed by atoms with Gasteiger partial charge in [-0.15, -0.1) is 0 Å². The third kappa shape index (κ3) is 4.28. The highest BCUT2D eigenvalue weighted by Gasteiger charge is 2.25. The molecule has 0 saturated heterocycles. The van der Waals surface area contributed by atoms with Crippen LogP contribution in [0.2, 0.25) is 0 Å². The maximum absolute atomic E-state index is 14.2. The highest BCUT2D eigenvalue weighted by atomic mass is 19.3.